The summed E-state index contributed by atoms with van der Waals surface area (Å²) in [4.78, 5) is 0. The first-order valence-corrected chi connectivity index (χ1v) is 3.74. The van der Waals surface area contributed by atoms with Crippen LogP contribution in [0.2, 0.25) is 0 Å². The van der Waals surface area contributed by atoms with Gasteiger partial charge in [0.2, 0.25) is 0 Å². The van der Waals surface area contributed by atoms with E-state index in [-0.39, 0.29) is 18.4 Å². The molecule has 0 aliphatic heterocycles. The van der Waals surface area contributed by atoms with Crippen LogP contribution in [-0.4, -0.2) is 53.1 Å². The van der Waals surface area contributed by atoms with E-state index in [1.54, 1.807) is 0 Å². The lowest BCUT2D eigenvalue weighted by atomic mass is 9.91. The standard InChI is InChI=1S/C6H13BO4/c7-6(11)5(10)3-2(1-8)4(3)9/h2-6,8-11H,1,7H2/t2?,3?,4?,5?,6-/m1/s1. The minimum atomic E-state index is -0.915. The molecule has 0 spiro atoms. The van der Waals surface area contributed by atoms with Crippen LogP contribution in [-0.2, 0) is 0 Å². The molecular formula is C6H13BO4. The summed E-state index contributed by atoms with van der Waals surface area (Å²) in [6.45, 7) is -0.129. The topological polar surface area (TPSA) is 80.9 Å². The highest BCUT2D eigenvalue weighted by Crippen LogP contribution is 2.41. The first-order valence-electron chi connectivity index (χ1n) is 3.74. The van der Waals surface area contributed by atoms with E-state index in [2.05, 4.69) is 0 Å². The van der Waals surface area contributed by atoms with Crippen molar-refractivity contribution in [2.24, 2.45) is 11.8 Å². The highest BCUT2D eigenvalue weighted by molar-refractivity contribution is 6.11. The zero-order chi connectivity index (χ0) is 8.59. The molecule has 1 fully saturated rings. The van der Waals surface area contributed by atoms with Gasteiger partial charge in [-0.05, 0) is 0 Å². The maximum absolute atomic E-state index is 9.22. The van der Waals surface area contributed by atoms with Crippen molar-refractivity contribution in [3.8, 4) is 0 Å². The molecule has 5 heteroatoms. The van der Waals surface area contributed by atoms with Crippen LogP contribution in [0.5, 0.6) is 0 Å². The summed E-state index contributed by atoms with van der Waals surface area (Å²) in [5, 5.41) is 35.8. The maximum atomic E-state index is 9.22. The molecule has 5 atom stereocenters. The third-order valence-corrected chi connectivity index (χ3v) is 2.29. The Kier molecular flexibility index (Phi) is 2.54. The zero-order valence-electron chi connectivity index (χ0n) is 6.38. The van der Waals surface area contributed by atoms with Crippen LogP contribution >= 0.6 is 0 Å². The van der Waals surface area contributed by atoms with Crippen molar-refractivity contribution in [3.63, 3.8) is 0 Å². The van der Waals surface area contributed by atoms with Gasteiger partial charge in [-0.1, -0.05) is 0 Å². The number of aliphatic hydroxyl groups excluding tert-OH is 4. The Hall–Kier alpha value is -0.0951. The Balaban J connectivity index is 2.39. The molecule has 4 unspecified atom stereocenters. The Bertz CT molecular complexity index is 141. The normalized spacial score (nSPS) is 41.6. The van der Waals surface area contributed by atoms with Gasteiger partial charge in [-0.25, -0.2) is 0 Å². The van der Waals surface area contributed by atoms with Gasteiger partial charge < -0.3 is 20.4 Å². The van der Waals surface area contributed by atoms with Crippen LogP contribution < -0.4 is 0 Å². The fraction of sp³-hybridized carbons (Fsp3) is 1.00. The van der Waals surface area contributed by atoms with Crippen LogP contribution in [0.3, 0.4) is 0 Å². The van der Waals surface area contributed by atoms with E-state index in [1.165, 1.54) is 7.85 Å². The Morgan fingerprint density at radius 3 is 2.18 bits per heavy atom. The van der Waals surface area contributed by atoms with E-state index in [9.17, 15) is 5.11 Å². The van der Waals surface area contributed by atoms with E-state index < -0.39 is 18.2 Å². The second-order valence-corrected chi connectivity index (χ2v) is 3.15. The smallest absolute Gasteiger partial charge is 0.142 e. The lowest BCUT2D eigenvalue weighted by Crippen LogP contribution is -2.29. The molecule has 0 saturated heterocycles. The zero-order valence-corrected chi connectivity index (χ0v) is 6.38. The highest BCUT2D eigenvalue weighted by atomic mass is 16.3. The van der Waals surface area contributed by atoms with Crippen LogP contribution in [0, 0.1) is 11.8 Å². The molecule has 1 aliphatic carbocycles. The van der Waals surface area contributed by atoms with Gasteiger partial charge in [-0.2, -0.15) is 0 Å². The second-order valence-electron chi connectivity index (χ2n) is 3.15. The Morgan fingerprint density at radius 2 is 1.91 bits per heavy atom. The lowest BCUT2D eigenvalue weighted by molar-refractivity contribution is 0.0374. The molecule has 64 valence electrons. The molecule has 4 N–H and O–H groups in total. The molecule has 0 aromatic carbocycles. The number of aliphatic hydroxyl groups is 4. The van der Waals surface area contributed by atoms with E-state index in [0.29, 0.717) is 0 Å². The second kappa shape index (κ2) is 3.10. The van der Waals surface area contributed by atoms with Gasteiger partial charge >= 0.3 is 0 Å². The number of hydrogen-bond donors (Lipinski definition) is 4. The van der Waals surface area contributed by atoms with E-state index in [4.69, 9.17) is 15.3 Å². The highest BCUT2D eigenvalue weighted by Gasteiger charge is 2.53. The van der Waals surface area contributed by atoms with Gasteiger partial charge in [0.05, 0.1) is 12.2 Å². The van der Waals surface area contributed by atoms with Gasteiger partial charge in [0.25, 0.3) is 0 Å². The largest absolute Gasteiger partial charge is 0.400 e. The van der Waals surface area contributed by atoms with E-state index >= 15 is 0 Å². The lowest BCUT2D eigenvalue weighted by Gasteiger charge is -2.12. The predicted molar refractivity (Wildman–Crippen MR) is 40.6 cm³/mol. The summed E-state index contributed by atoms with van der Waals surface area (Å²) in [6.07, 6.45) is -1.56. The minimum Gasteiger partial charge on any atom is -0.400 e. The van der Waals surface area contributed by atoms with Crippen molar-refractivity contribution in [1.82, 2.24) is 0 Å². The number of rotatable bonds is 3. The monoisotopic (exact) mass is 160 g/mol. The van der Waals surface area contributed by atoms with Gasteiger partial charge in [0.1, 0.15) is 7.85 Å². The SMILES string of the molecule is B[C@H](O)C(O)C1C(O)C1CO. The fourth-order valence-electron chi connectivity index (χ4n) is 1.39. The first-order chi connectivity index (χ1) is 5.09. The van der Waals surface area contributed by atoms with Crippen LogP contribution in [0.1, 0.15) is 0 Å². The van der Waals surface area contributed by atoms with Crippen molar-refractivity contribution >= 4 is 7.85 Å². The first kappa shape index (κ1) is 9.00. The van der Waals surface area contributed by atoms with Gasteiger partial charge in [-0.15, -0.1) is 0 Å². The van der Waals surface area contributed by atoms with Crippen LogP contribution in [0.25, 0.3) is 0 Å². The summed E-state index contributed by atoms with van der Waals surface area (Å²) >= 11 is 0. The molecule has 1 saturated carbocycles. The molecule has 11 heavy (non-hydrogen) atoms. The van der Waals surface area contributed by atoms with Crippen molar-refractivity contribution in [1.29, 1.82) is 0 Å². The molecular weight excluding hydrogens is 147 g/mol. The van der Waals surface area contributed by atoms with E-state index in [1.807, 2.05) is 0 Å². The number of hydrogen-bond acceptors (Lipinski definition) is 4. The van der Waals surface area contributed by atoms with Crippen LogP contribution in [0.4, 0.5) is 0 Å². The summed E-state index contributed by atoms with van der Waals surface area (Å²) in [5.41, 5.74) is 0. The summed E-state index contributed by atoms with van der Waals surface area (Å²) in [5.74, 6) is -0.598. The molecule has 0 radical (unpaired) electrons. The third-order valence-electron chi connectivity index (χ3n) is 2.29. The van der Waals surface area contributed by atoms with Crippen LogP contribution in [0.15, 0.2) is 0 Å². The van der Waals surface area contributed by atoms with Gasteiger partial charge in [-0.3, -0.25) is 0 Å². The third kappa shape index (κ3) is 1.56. The molecule has 0 aromatic heterocycles. The average molecular weight is 160 g/mol. The molecule has 0 amide bonds. The predicted octanol–water partition coefficient (Wildman–Crippen LogP) is -3.10. The summed E-state index contributed by atoms with van der Waals surface area (Å²) < 4.78 is 0. The van der Waals surface area contributed by atoms with Crippen molar-refractivity contribution < 1.29 is 20.4 Å². The molecule has 1 aliphatic rings. The summed E-state index contributed by atoms with van der Waals surface area (Å²) in [7, 11) is 1.46. The van der Waals surface area contributed by atoms with Crippen molar-refractivity contribution in [2.45, 2.75) is 18.2 Å². The van der Waals surface area contributed by atoms with Crippen molar-refractivity contribution in [3.05, 3.63) is 0 Å². The van der Waals surface area contributed by atoms with Gasteiger partial charge in [0.15, 0.2) is 0 Å². The quantitative estimate of drug-likeness (QED) is 0.329. The van der Waals surface area contributed by atoms with Gasteiger partial charge in [0, 0.05) is 24.4 Å². The molecule has 4 nitrogen and oxygen atoms in total. The summed E-state index contributed by atoms with van der Waals surface area (Å²) in [6, 6.07) is -0.841. The minimum absolute atomic E-state index is 0.129. The average Bonchev–Trinajstić information content (AvgIpc) is 2.59. The maximum Gasteiger partial charge on any atom is 0.142 e. The Morgan fingerprint density at radius 1 is 1.36 bits per heavy atom. The molecule has 0 aromatic rings. The molecule has 1 rings (SSSR count). The fourth-order valence-corrected chi connectivity index (χ4v) is 1.39. The molecule has 0 bridgehead atoms. The van der Waals surface area contributed by atoms with E-state index in [0.717, 1.165) is 0 Å². The van der Waals surface area contributed by atoms with Crippen molar-refractivity contribution in [2.75, 3.05) is 6.61 Å². The Labute approximate surface area is 65.9 Å². The molecule has 0 heterocycles.